The fourth-order valence-electron chi connectivity index (χ4n) is 2.42. The number of carbonyl (C=O) groups is 1. The van der Waals surface area contributed by atoms with Crippen LogP contribution in [0.25, 0.3) is 0 Å². The lowest BCUT2D eigenvalue weighted by atomic mass is 9.89. The number of ketones is 1. The molecule has 6 heteroatoms. The van der Waals surface area contributed by atoms with Crippen LogP contribution in [0.15, 0.2) is 36.9 Å². The number of carbonyl (C=O) groups excluding carboxylic acids is 1. The van der Waals surface area contributed by atoms with Gasteiger partial charge < -0.3 is 14.6 Å². The second kappa shape index (κ2) is 5.78. The number of hydrogen-bond acceptors (Lipinski definition) is 4. The SMILES string of the molecule is C=C[C@H]([C@H]1COC(C)(C)O1)C(F)(F)C(=O)c1ccccc1O. The summed E-state index contributed by atoms with van der Waals surface area (Å²) < 4.78 is 39.9. The maximum atomic E-state index is 14.6. The fourth-order valence-corrected chi connectivity index (χ4v) is 2.42. The van der Waals surface area contributed by atoms with Crippen molar-refractivity contribution in [3.63, 3.8) is 0 Å². The van der Waals surface area contributed by atoms with Crippen molar-refractivity contribution >= 4 is 5.78 Å². The molecule has 1 aromatic rings. The molecular weight excluding hydrogens is 294 g/mol. The molecule has 0 amide bonds. The summed E-state index contributed by atoms with van der Waals surface area (Å²) in [5.74, 6) is -8.27. The number of ether oxygens (including phenoxy) is 2. The molecule has 0 unspecified atom stereocenters. The number of Topliss-reactive ketones (excluding diaryl/α,β-unsaturated/α-hetero) is 1. The molecule has 1 heterocycles. The Hall–Kier alpha value is -1.79. The van der Waals surface area contributed by atoms with Crippen LogP contribution in [0, 0.1) is 5.92 Å². The summed E-state index contributed by atoms with van der Waals surface area (Å²) in [6.07, 6.45) is 0.00476. The van der Waals surface area contributed by atoms with E-state index < -0.39 is 40.8 Å². The van der Waals surface area contributed by atoms with Gasteiger partial charge >= 0.3 is 5.92 Å². The zero-order valence-corrected chi connectivity index (χ0v) is 12.4. The number of aromatic hydroxyl groups is 1. The second-order valence-corrected chi connectivity index (χ2v) is 5.60. The molecule has 1 aliphatic rings. The number of phenolic OH excluding ortho intramolecular Hbond substituents is 1. The Labute approximate surface area is 127 Å². The zero-order chi connectivity index (χ0) is 16.5. The molecule has 0 spiro atoms. The normalized spacial score (nSPS) is 22.3. The Morgan fingerprint density at radius 3 is 2.64 bits per heavy atom. The first-order chi connectivity index (χ1) is 10.2. The van der Waals surface area contributed by atoms with Crippen molar-refractivity contribution in [3.05, 3.63) is 42.5 Å². The minimum absolute atomic E-state index is 0.0622. The van der Waals surface area contributed by atoms with Gasteiger partial charge in [0.25, 0.3) is 0 Å². The van der Waals surface area contributed by atoms with Crippen LogP contribution in [0.4, 0.5) is 8.78 Å². The Kier molecular flexibility index (Phi) is 4.35. The van der Waals surface area contributed by atoms with Gasteiger partial charge in [0, 0.05) is 0 Å². The van der Waals surface area contributed by atoms with Crippen molar-refractivity contribution < 1.29 is 28.2 Å². The Morgan fingerprint density at radius 2 is 2.14 bits per heavy atom. The number of para-hydroxylation sites is 1. The molecule has 0 aliphatic carbocycles. The fraction of sp³-hybridized carbons (Fsp3) is 0.438. The maximum Gasteiger partial charge on any atom is 0.318 e. The molecule has 1 saturated heterocycles. The van der Waals surface area contributed by atoms with Crippen LogP contribution in [-0.2, 0) is 9.47 Å². The molecule has 0 saturated carbocycles. The van der Waals surface area contributed by atoms with Gasteiger partial charge in [-0.3, -0.25) is 4.79 Å². The Bertz CT molecular complexity index is 583. The van der Waals surface area contributed by atoms with Crippen LogP contribution in [-0.4, -0.2) is 35.3 Å². The average Bonchev–Trinajstić information content (AvgIpc) is 2.79. The minimum Gasteiger partial charge on any atom is -0.507 e. The molecule has 1 aliphatic heterocycles. The molecule has 0 radical (unpaired) electrons. The number of hydrogen-bond donors (Lipinski definition) is 1. The van der Waals surface area contributed by atoms with E-state index in [2.05, 4.69) is 6.58 Å². The zero-order valence-electron chi connectivity index (χ0n) is 12.4. The Balaban J connectivity index is 2.29. The topological polar surface area (TPSA) is 55.8 Å². The summed E-state index contributed by atoms with van der Waals surface area (Å²) in [6, 6.07) is 5.20. The molecule has 1 N–H and O–H groups in total. The predicted octanol–water partition coefficient (Wildman–Crippen LogP) is 3.16. The van der Waals surface area contributed by atoms with Crippen LogP contribution >= 0.6 is 0 Å². The molecule has 0 aromatic heterocycles. The smallest absolute Gasteiger partial charge is 0.318 e. The van der Waals surface area contributed by atoms with Gasteiger partial charge in [0.1, 0.15) is 5.75 Å². The van der Waals surface area contributed by atoms with Gasteiger partial charge in [-0.1, -0.05) is 18.2 Å². The highest BCUT2D eigenvalue weighted by atomic mass is 19.3. The first kappa shape index (κ1) is 16.6. The van der Waals surface area contributed by atoms with Crippen molar-refractivity contribution in [1.82, 2.24) is 0 Å². The van der Waals surface area contributed by atoms with Crippen molar-refractivity contribution in [2.75, 3.05) is 6.61 Å². The number of halogens is 2. The first-order valence-corrected chi connectivity index (χ1v) is 6.84. The van der Waals surface area contributed by atoms with E-state index in [1.807, 2.05) is 0 Å². The van der Waals surface area contributed by atoms with Crippen LogP contribution in [0.5, 0.6) is 5.75 Å². The maximum absolute atomic E-state index is 14.6. The largest absolute Gasteiger partial charge is 0.507 e. The lowest BCUT2D eigenvalue weighted by Gasteiger charge is -2.28. The number of phenols is 1. The third-order valence-corrected chi connectivity index (χ3v) is 3.55. The predicted molar refractivity (Wildman–Crippen MR) is 76.0 cm³/mol. The summed E-state index contributed by atoms with van der Waals surface area (Å²) in [5.41, 5.74) is -0.433. The lowest BCUT2D eigenvalue weighted by Crippen LogP contribution is -2.44. The summed E-state index contributed by atoms with van der Waals surface area (Å²) >= 11 is 0. The molecule has 22 heavy (non-hydrogen) atoms. The van der Waals surface area contributed by atoms with Crippen molar-refractivity contribution in [3.8, 4) is 5.75 Å². The number of alkyl halides is 2. The van der Waals surface area contributed by atoms with Crippen LogP contribution in [0.3, 0.4) is 0 Å². The summed E-state index contributed by atoms with van der Waals surface area (Å²) in [4.78, 5) is 12.2. The molecule has 1 aromatic carbocycles. The highest BCUT2D eigenvalue weighted by Crippen LogP contribution is 2.39. The van der Waals surface area contributed by atoms with E-state index in [0.29, 0.717) is 0 Å². The van der Waals surface area contributed by atoms with E-state index in [0.717, 1.165) is 12.1 Å². The molecule has 4 nitrogen and oxygen atoms in total. The molecule has 1 fully saturated rings. The van der Waals surface area contributed by atoms with Crippen LogP contribution < -0.4 is 0 Å². The van der Waals surface area contributed by atoms with Gasteiger partial charge in [0.2, 0.25) is 5.78 Å². The molecule has 120 valence electrons. The minimum atomic E-state index is -3.77. The van der Waals surface area contributed by atoms with Crippen LogP contribution in [0.1, 0.15) is 24.2 Å². The number of benzene rings is 1. The molecular formula is C16H18F2O4. The second-order valence-electron chi connectivity index (χ2n) is 5.60. The van der Waals surface area contributed by atoms with Gasteiger partial charge in [-0.2, -0.15) is 8.78 Å². The number of rotatable bonds is 5. The van der Waals surface area contributed by atoms with Gasteiger partial charge in [-0.15, -0.1) is 6.58 Å². The van der Waals surface area contributed by atoms with E-state index in [1.165, 1.54) is 18.2 Å². The molecule has 2 atom stereocenters. The van der Waals surface area contributed by atoms with Crippen LogP contribution in [0.2, 0.25) is 0 Å². The highest BCUT2D eigenvalue weighted by Gasteiger charge is 2.53. The standard InChI is InChI=1S/C16H18F2O4/c1-4-11(13-9-21-15(2,3)22-13)16(17,18)14(20)10-7-5-6-8-12(10)19/h4-8,11,13,19H,1,9H2,2-3H3/t11-,13-/m1/s1. The molecule has 2 rings (SSSR count). The highest BCUT2D eigenvalue weighted by molar-refractivity contribution is 6.03. The summed E-state index contributed by atoms with van der Waals surface area (Å²) in [6.45, 7) is 6.54. The summed E-state index contributed by atoms with van der Waals surface area (Å²) in [5, 5.41) is 9.61. The van der Waals surface area contributed by atoms with E-state index in [4.69, 9.17) is 9.47 Å². The van der Waals surface area contributed by atoms with Gasteiger partial charge in [-0.25, -0.2) is 0 Å². The Morgan fingerprint density at radius 1 is 1.50 bits per heavy atom. The third kappa shape index (κ3) is 3.03. The van der Waals surface area contributed by atoms with E-state index in [1.54, 1.807) is 13.8 Å². The van der Waals surface area contributed by atoms with Crippen molar-refractivity contribution in [2.45, 2.75) is 31.7 Å². The quantitative estimate of drug-likeness (QED) is 0.670. The van der Waals surface area contributed by atoms with Crippen molar-refractivity contribution in [2.24, 2.45) is 5.92 Å². The van der Waals surface area contributed by atoms with E-state index in [9.17, 15) is 18.7 Å². The monoisotopic (exact) mass is 312 g/mol. The average molecular weight is 312 g/mol. The van der Waals surface area contributed by atoms with Crippen molar-refractivity contribution in [1.29, 1.82) is 0 Å². The first-order valence-electron chi connectivity index (χ1n) is 6.84. The van der Waals surface area contributed by atoms with Gasteiger partial charge in [0.05, 0.1) is 24.2 Å². The third-order valence-electron chi connectivity index (χ3n) is 3.55. The van der Waals surface area contributed by atoms with Gasteiger partial charge in [0.15, 0.2) is 5.79 Å². The lowest BCUT2D eigenvalue weighted by molar-refractivity contribution is -0.153. The van der Waals surface area contributed by atoms with Gasteiger partial charge in [-0.05, 0) is 26.0 Å². The van der Waals surface area contributed by atoms with E-state index in [-0.39, 0.29) is 6.61 Å². The summed E-state index contributed by atoms with van der Waals surface area (Å²) in [7, 11) is 0. The van der Waals surface area contributed by atoms with E-state index >= 15 is 0 Å². The molecule has 0 bridgehead atoms.